The fourth-order valence-corrected chi connectivity index (χ4v) is 4.14. The van der Waals surface area contributed by atoms with Gasteiger partial charge in [-0.3, -0.25) is 19.0 Å². The van der Waals surface area contributed by atoms with E-state index in [4.69, 9.17) is 31.2 Å². The van der Waals surface area contributed by atoms with E-state index in [1.807, 2.05) is 0 Å². The van der Waals surface area contributed by atoms with E-state index in [1.54, 1.807) is 0 Å². The van der Waals surface area contributed by atoms with Gasteiger partial charge in [0.05, 0.1) is 25.2 Å². The molecule has 3 N–H and O–H groups in total. The van der Waals surface area contributed by atoms with Crippen molar-refractivity contribution >= 4 is 29.1 Å². The van der Waals surface area contributed by atoms with Gasteiger partial charge in [0.25, 0.3) is 17.4 Å². The third kappa shape index (κ3) is 6.56. The molecule has 214 valence electrons. The lowest BCUT2D eigenvalue weighted by molar-refractivity contribution is -0.119. The zero-order valence-corrected chi connectivity index (χ0v) is 22.4. The first-order valence-electron chi connectivity index (χ1n) is 11.9. The molecule has 15 heteroatoms. The van der Waals surface area contributed by atoms with E-state index in [2.05, 4.69) is 20.5 Å². The number of pyridine rings is 2. The van der Waals surface area contributed by atoms with Gasteiger partial charge in [0.1, 0.15) is 17.5 Å². The largest absolute Gasteiger partial charge is 0.495 e. The van der Waals surface area contributed by atoms with Crippen LogP contribution in [0.3, 0.4) is 0 Å². The molecule has 3 heterocycles. The number of nitrogens with two attached hydrogens (primary N) is 1. The van der Waals surface area contributed by atoms with Crippen molar-refractivity contribution in [3.8, 4) is 28.3 Å². The second kappa shape index (κ2) is 12.7. The third-order valence-electron chi connectivity index (χ3n) is 5.91. The van der Waals surface area contributed by atoms with Crippen LogP contribution < -0.4 is 21.3 Å². The van der Waals surface area contributed by atoms with E-state index in [0.29, 0.717) is 5.56 Å². The molecule has 0 bridgehead atoms. The van der Waals surface area contributed by atoms with Crippen molar-refractivity contribution in [3.05, 3.63) is 75.8 Å². The Hall–Kier alpha value is -4.69. The van der Waals surface area contributed by atoms with Crippen LogP contribution in [0.2, 0.25) is 5.02 Å². The SMILES string of the molecule is COCCC(C(=O)Nc1ccc(C(N)=O)nc1)n1cc(OC)c(-c2cc(Cl)ccc2-c2nnc(C(F)F)o2)cc1=O. The van der Waals surface area contributed by atoms with Crippen LogP contribution in [-0.4, -0.2) is 52.4 Å². The van der Waals surface area contributed by atoms with E-state index in [9.17, 15) is 23.2 Å². The first-order valence-corrected chi connectivity index (χ1v) is 12.3. The van der Waals surface area contributed by atoms with Crippen LogP contribution in [-0.2, 0) is 9.53 Å². The molecule has 0 saturated carbocycles. The van der Waals surface area contributed by atoms with Gasteiger partial charge in [0.2, 0.25) is 11.8 Å². The van der Waals surface area contributed by atoms with E-state index in [1.165, 1.54) is 67.6 Å². The number of nitrogens with zero attached hydrogens (tertiary/aromatic N) is 4. The zero-order valence-electron chi connectivity index (χ0n) is 21.6. The summed E-state index contributed by atoms with van der Waals surface area (Å²) >= 11 is 6.22. The number of carbonyl (C=O) groups excluding carboxylic acids is 2. The smallest absolute Gasteiger partial charge is 0.314 e. The normalized spacial score (nSPS) is 11.9. The molecule has 0 spiro atoms. The molecule has 0 aliphatic carbocycles. The molecule has 3 aromatic heterocycles. The van der Waals surface area contributed by atoms with Crippen molar-refractivity contribution in [2.24, 2.45) is 5.73 Å². The number of primary amides is 1. The molecule has 0 aliphatic rings. The summed E-state index contributed by atoms with van der Waals surface area (Å²) in [5.74, 6) is -2.22. The van der Waals surface area contributed by atoms with Gasteiger partial charge in [0, 0.05) is 42.4 Å². The molecular formula is C26H23ClF2N6O6. The van der Waals surface area contributed by atoms with Crippen molar-refractivity contribution in [1.82, 2.24) is 19.7 Å². The number of hydrogen-bond donors (Lipinski definition) is 2. The predicted octanol–water partition coefficient (Wildman–Crippen LogP) is 3.88. The van der Waals surface area contributed by atoms with Crippen LogP contribution in [0, 0.1) is 0 Å². The Labute approximate surface area is 236 Å². The summed E-state index contributed by atoms with van der Waals surface area (Å²) in [6, 6.07) is 7.43. The number of anilines is 1. The fourth-order valence-electron chi connectivity index (χ4n) is 3.97. The van der Waals surface area contributed by atoms with Crippen LogP contribution >= 0.6 is 11.6 Å². The Morgan fingerprint density at radius 1 is 1.12 bits per heavy atom. The number of hydrogen-bond acceptors (Lipinski definition) is 9. The summed E-state index contributed by atoms with van der Waals surface area (Å²) in [6.45, 7) is 0.134. The Balaban J connectivity index is 1.75. The van der Waals surface area contributed by atoms with Crippen LogP contribution in [0.4, 0.5) is 14.5 Å². The molecule has 0 saturated heterocycles. The molecule has 0 radical (unpaired) electrons. The quantitative estimate of drug-likeness (QED) is 0.264. The third-order valence-corrected chi connectivity index (χ3v) is 6.15. The summed E-state index contributed by atoms with van der Waals surface area (Å²) in [5.41, 5.74) is 5.65. The highest BCUT2D eigenvalue weighted by Gasteiger charge is 2.26. The van der Waals surface area contributed by atoms with Gasteiger partial charge < -0.3 is 24.9 Å². The topological polar surface area (TPSA) is 164 Å². The lowest BCUT2D eigenvalue weighted by Gasteiger charge is -2.21. The van der Waals surface area contributed by atoms with Gasteiger partial charge in [-0.2, -0.15) is 8.78 Å². The first kappa shape index (κ1) is 29.3. The summed E-state index contributed by atoms with van der Waals surface area (Å²) in [7, 11) is 2.81. The van der Waals surface area contributed by atoms with E-state index >= 15 is 0 Å². The van der Waals surface area contributed by atoms with Crippen molar-refractivity contribution in [1.29, 1.82) is 0 Å². The van der Waals surface area contributed by atoms with Crippen molar-refractivity contribution in [2.45, 2.75) is 18.9 Å². The van der Waals surface area contributed by atoms with Gasteiger partial charge in [-0.05, 0) is 35.9 Å². The van der Waals surface area contributed by atoms with Gasteiger partial charge in [-0.15, -0.1) is 10.2 Å². The molecule has 41 heavy (non-hydrogen) atoms. The van der Waals surface area contributed by atoms with Crippen LogP contribution in [0.15, 0.2) is 58.0 Å². The van der Waals surface area contributed by atoms with Crippen molar-refractivity contribution in [3.63, 3.8) is 0 Å². The van der Waals surface area contributed by atoms with Gasteiger partial charge >= 0.3 is 6.43 Å². The second-order valence-corrected chi connectivity index (χ2v) is 8.96. The van der Waals surface area contributed by atoms with Crippen molar-refractivity contribution < 1.29 is 32.3 Å². The van der Waals surface area contributed by atoms with Crippen molar-refractivity contribution in [2.75, 3.05) is 26.1 Å². The molecular weight excluding hydrogens is 566 g/mol. The molecule has 0 fully saturated rings. The summed E-state index contributed by atoms with van der Waals surface area (Å²) in [5, 5.41) is 9.99. The molecule has 12 nitrogen and oxygen atoms in total. The monoisotopic (exact) mass is 588 g/mol. The summed E-state index contributed by atoms with van der Waals surface area (Å²) in [4.78, 5) is 41.9. The number of benzene rings is 1. The van der Waals surface area contributed by atoms with E-state index < -0.39 is 35.7 Å². The lowest BCUT2D eigenvalue weighted by Crippen LogP contribution is -2.34. The second-order valence-electron chi connectivity index (χ2n) is 8.52. The Kier molecular flexibility index (Phi) is 9.04. The maximum Gasteiger partial charge on any atom is 0.314 e. The minimum absolute atomic E-state index is 0.0156. The number of methoxy groups -OCH3 is 2. The highest BCUT2D eigenvalue weighted by molar-refractivity contribution is 6.31. The fraction of sp³-hybridized carbons (Fsp3) is 0.231. The summed E-state index contributed by atoms with van der Waals surface area (Å²) in [6.07, 6.45) is -0.263. The number of nitrogens with one attached hydrogen (secondary N) is 1. The number of rotatable bonds is 11. The molecule has 1 unspecified atom stereocenters. The van der Waals surface area contributed by atoms with Crippen LogP contribution in [0.5, 0.6) is 5.75 Å². The molecule has 1 atom stereocenters. The average molecular weight is 589 g/mol. The molecule has 4 aromatic rings. The highest BCUT2D eigenvalue weighted by Crippen LogP contribution is 2.38. The minimum atomic E-state index is -2.97. The Bertz CT molecular complexity index is 1630. The number of aromatic nitrogens is 4. The number of carbonyl (C=O) groups is 2. The standard InChI is InChI=1S/C26H23ClF2N6O6/c1-39-8-7-19(24(38)32-14-4-6-18(23(30)37)31-11-14)35-12-20(40-2)17(10-21(35)36)16-9-13(27)3-5-15(16)25-33-34-26(41-25)22(28)29/h3-6,9-12,19,22H,7-8H2,1-2H3,(H2,30,37)(H,32,38). The Morgan fingerprint density at radius 2 is 1.90 bits per heavy atom. The summed E-state index contributed by atoms with van der Waals surface area (Å²) < 4.78 is 43.1. The zero-order chi connectivity index (χ0) is 29.7. The number of halogens is 3. The van der Waals surface area contributed by atoms with Crippen LogP contribution in [0.1, 0.15) is 35.3 Å². The number of amides is 2. The van der Waals surface area contributed by atoms with Crippen LogP contribution in [0.25, 0.3) is 22.6 Å². The Morgan fingerprint density at radius 3 is 2.51 bits per heavy atom. The van der Waals surface area contributed by atoms with Gasteiger partial charge in [0.15, 0.2) is 0 Å². The van der Waals surface area contributed by atoms with E-state index in [-0.39, 0.29) is 52.2 Å². The maximum absolute atomic E-state index is 13.4. The maximum atomic E-state index is 13.4. The van der Waals surface area contributed by atoms with E-state index in [0.717, 1.165) is 0 Å². The average Bonchev–Trinajstić information content (AvgIpc) is 3.44. The molecule has 1 aromatic carbocycles. The predicted molar refractivity (Wildman–Crippen MR) is 143 cm³/mol. The number of alkyl halides is 2. The molecule has 4 rings (SSSR count). The minimum Gasteiger partial charge on any atom is -0.495 e. The first-order chi connectivity index (χ1) is 19.6. The number of ether oxygens (including phenoxy) is 2. The molecule has 2 amide bonds. The van der Waals surface area contributed by atoms with Gasteiger partial charge in [-0.25, -0.2) is 4.98 Å². The lowest BCUT2D eigenvalue weighted by atomic mass is 9.99. The highest BCUT2D eigenvalue weighted by atomic mass is 35.5. The van der Waals surface area contributed by atoms with Gasteiger partial charge in [-0.1, -0.05) is 11.6 Å². The molecule has 0 aliphatic heterocycles.